The van der Waals surface area contributed by atoms with E-state index in [0.29, 0.717) is 22.0 Å². The highest BCUT2D eigenvalue weighted by atomic mass is 33.1. The third kappa shape index (κ3) is 9.05. The molecule has 2 nitrogen and oxygen atoms in total. The second-order valence-electron chi connectivity index (χ2n) is 2.36. The molecule has 0 aliphatic heterocycles. The van der Waals surface area contributed by atoms with Gasteiger partial charge in [-0.3, -0.25) is 0 Å². The van der Waals surface area contributed by atoms with E-state index in [1.54, 1.807) is 0 Å². The Hall–Kier alpha value is 0.480. The minimum absolute atomic E-state index is 0.513. The molecule has 6 heteroatoms. The fourth-order valence-corrected chi connectivity index (χ4v) is 2.36. The maximum Gasteiger partial charge on any atom is 0.231 e. The SMILES string of the molecule is CCCOC(=S)SSC(=S)OCCC. The van der Waals surface area contributed by atoms with Gasteiger partial charge in [-0.15, -0.1) is 0 Å². The molecule has 0 amide bonds. The summed E-state index contributed by atoms with van der Waals surface area (Å²) in [5.41, 5.74) is 0. The fraction of sp³-hybridized carbons (Fsp3) is 0.750. The van der Waals surface area contributed by atoms with Gasteiger partial charge in [-0.2, -0.15) is 0 Å². The molecule has 0 saturated heterocycles. The first-order valence-corrected chi connectivity index (χ1v) is 7.35. The third-order valence-corrected chi connectivity index (χ3v) is 4.14. The highest BCUT2D eigenvalue weighted by Gasteiger charge is 2.03. The van der Waals surface area contributed by atoms with Gasteiger partial charge in [-0.1, -0.05) is 13.8 Å². The van der Waals surface area contributed by atoms with Crippen molar-refractivity contribution in [2.24, 2.45) is 0 Å². The molecule has 0 fully saturated rings. The summed E-state index contributed by atoms with van der Waals surface area (Å²) in [6.45, 7) is 5.40. The molecule has 0 radical (unpaired) electrons. The van der Waals surface area contributed by atoms with E-state index in [9.17, 15) is 0 Å². The lowest BCUT2D eigenvalue weighted by molar-refractivity contribution is 0.321. The predicted molar refractivity (Wildman–Crippen MR) is 72.9 cm³/mol. The summed E-state index contributed by atoms with van der Waals surface area (Å²) < 4.78 is 11.4. The van der Waals surface area contributed by atoms with Crippen LogP contribution in [0.25, 0.3) is 0 Å². The molecule has 0 spiro atoms. The lowest BCUT2D eigenvalue weighted by atomic mass is 10.5. The number of thiocarbonyl (C=S) groups is 2. The van der Waals surface area contributed by atoms with Gasteiger partial charge in [0.15, 0.2) is 0 Å². The molecule has 0 N–H and O–H groups in total. The van der Waals surface area contributed by atoms with Crippen LogP contribution in [-0.2, 0) is 9.47 Å². The highest BCUT2D eigenvalue weighted by Crippen LogP contribution is 2.26. The monoisotopic (exact) mass is 270 g/mol. The van der Waals surface area contributed by atoms with Crippen molar-refractivity contribution in [2.45, 2.75) is 26.7 Å². The van der Waals surface area contributed by atoms with Crippen molar-refractivity contribution < 1.29 is 9.47 Å². The molecule has 0 aromatic heterocycles. The summed E-state index contributed by atoms with van der Waals surface area (Å²) in [6, 6.07) is 0. The van der Waals surface area contributed by atoms with Gasteiger partial charge in [0.25, 0.3) is 0 Å². The van der Waals surface area contributed by atoms with E-state index in [4.69, 9.17) is 33.9 Å². The minimum Gasteiger partial charge on any atom is -0.478 e. The standard InChI is InChI=1S/C8H14O2S4/c1-3-5-9-7(11)13-14-8(12)10-6-4-2/h3-6H2,1-2H3. The van der Waals surface area contributed by atoms with Crippen LogP contribution in [0.5, 0.6) is 0 Å². The van der Waals surface area contributed by atoms with Crippen molar-refractivity contribution in [3.8, 4) is 0 Å². The van der Waals surface area contributed by atoms with Crippen LogP contribution in [0.15, 0.2) is 0 Å². The molecule has 82 valence electrons. The van der Waals surface area contributed by atoms with Crippen molar-refractivity contribution >= 4 is 54.8 Å². The lowest BCUT2D eigenvalue weighted by Crippen LogP contribution is -1.99. The van der Waals surface area contributed by atoms with E-state index < -0.39 is 0 Å². The Kier molecular flexibility index (Phi) is 10.4. The third-order valence-electron chi connectivity index (χ3n) is 1.03. The van der Waals surface area contributed by atoms with Gasteiger partial charge in [0, 0.05) is 21.6 Å². The van der Waals surface area contributed by atoms with Crippen molar-refractivity contribution in [1.29, 1.82) is 0 Å². The van der Waals surface area contributed by atoms with Gasteiger partial charge in [-0.05, 0) is 37.3 Å². The molecule has 0 unspecified atom stereocenters. The molecule has 0 aliphatic carbocycles. The van der Waals surface area contributed by atoms with E-state index in [1.807, 2.05) is 13.8 Å². The summed E-state index contributed by atoms with van der Waals surface area (Å²) in [5, 5.41) is 0. The van der Waals surface area contributed by atoms with Gasteiger partial charge < -0.3 is 9.47 Å². The second kappa shape index (κ2) is 10.0. The van der Waals surface area contributed by atoms with E-state index in [-0.39, 0.29) is 0 Å². The first kappa shape index (κ1) is 14.5. The maximum absolute atomic E-state index is 5.20. The minimum atomic E-state index is 0.513. The zero-order valence-corrected chi connectivity index (χ0v) is 11.5. The van der Waals surface area contributed by atoms with E-state index in [0.717, 1.165) is 12.8 Å². The van der Waals surface area contributed by atoms with Gasteiger partial charge in [-0.25, -0.2) is 0 Å². The Morgan fingerprint density at radius 2 is 1.29 bits per heavy atom. The van der Waals surface area contributed by atoms with Crippen molar-refractivity contribution in [1.82, 2.24) is 0 Å². The molecule has 0 aromatic rings. The Morgan fingerprint density at radius 3 is 1.57 bits per heavy atom. The van der Waals surface area contributed by atoms with E-state index in [1.165, 1.54) is 21.6 Å². The molecular weight excluding hydrogens is 256 g/mol. The Labute approximate surface area is 104 Å². The van der Waals surface area contributed by atoms with Crippen LogP contribution in [0.3, 0.4) is 0 Å². The van der Waals surface area contributed by atoms with Gasteiger partial charge in [0.05, 0.1) is 13.2 Å². The van der Waals surface area contributed by atoms with Gasteiger partial charge in [0.1, 0.15) is 0 Å². The van der Waals surface area contributed by atoms with Crippen LogP contribution < -0.4 is 0 Å². The molecule has 0 heterocycles. The van der Waals surface area contributed by atoms with Gasteiger partial charge >= 0.3 is 0 Å². The van der Waals surface area contributed by atoms with Crippen LogP contribution in [-0.4, -0.2) is 22.0 Å². The van der Waals surface area contributed by atoms with E-state index in [2.05, 4.69) is 0 Å². The second-order valence-corrected chi connectivity index (χ2v) is 5.70. The van der Waals surface area contributed by atoms with Crippen LogP contribution in [0, 0.1) is 0 Å². The van der Waals surface area contributed by atoms with Crippen LogP contribution in [0.2, 0.25) is 0 Å². The average molecular weight is 270 g/mol. The number of ether oxygens (including phenoxy) is 2. The van der Waals surface area contributed by atoms with Crippen LogP contribution in [0.4, 0.5) is 0 Å². The van der Waals surface area contributed by atoms with Crippen LogP contribution in [0.1, 0.15) is 26.7 Å². The zero-order chi connectivity index (χ0) is 10.8. The molecule has 0 aromatic carbocycles. The highest BCUT2D eigenvalue weighted by molar-refractivity contribution is 8.89. The predicted octanol–water partition coefficient (Wildman–Crippen LogP) is 3.79. The smallest absolute Gasteiger partial charge is 0.231 e. The lowest BCUT2D eigenvalue weighted by Gasteiger charge is -2.06. The Morgan fingerprint density at radius 1 is 0.929 bits per heavy atom. The Bertz CT molecular complexity index is 164. The molecule has 0 aliphatic rings. The van der Waals surface area contributed by atoms with Crippen LogP contribution >= 0.6 is 46.0 Å². The first-order valence-electron chi connectivity index (χ1n) is 4.38. The van der Waals surface area contributed by atoms with Crippen molar-refractivity contribution in [2.75, 3.05) is 13.2 Å². The zero-order valence-electron chi connectivity index (χ0n) is 8.28. The summed E-state index contributed by atoms with van der Waals surface area (Å²) in [4.78, 5) is 0. The van der Waals surface area contributed by atoms with Crippen molar-refractivity contribution in [3.63, 3.8) is 0 Å². The van der Waals surface area contributed by atoms with Crippen molar-refractivity contribution in [3.05, 3.63) is 0 Å². The largest absolute Gasteiger partial charge is 0.478 e. The van der Waals surface area contributed by atoms with E-state index >= 15 is 0 Å². The van der Waals surface area contributed by atoms with Gasteiger partial charge in [0.2, 0.25) is 8.77 Å². The molecule has 0 bridgehead atoms. The number of hydrogen-bond donors (Lipinski definition) is 0. The molecule has 0 saturated carbocycles. The first-order chi connectivity index (χ1) is 6.70. The quantitative estimate of drug-likeness (QED) is 0.567. The maximum atomic E-state index is 5.20. The fourth-order valence-electron chi connectivity index (χ4n) is 0.487. The normalized spacial score (nSPS) is 9.57. The Balaban J connectivity index is 3.41. The summed E-state index contributed by atoms with van der Waals surface area (Å²) in [7, 11) is 2.67. The molecule has 0 atom stereocenters. The molecular formula is C8H14O2S4. The topological polar surface area (TPSA) is 18.5 Å². The molecule has 14 heavy (non-hydrogen) atoms. The molecule has 0 rings (SSSR count). The summed E-state index contributed by atoms with van der Waals surface area (Å²) in [5.74, 6) is 0. The summed E-state index contributed by atoms with van der Waals surface area (Å²) >= 11 is 9.91. The summed E-state index contributed by atoms with van der Waals surface area (Å²) in [6.07, 6.45) is 1.92. The number of hydrogen-bond acceptors (Lipinski definition) is 6. The average Bonchev–Trinajstić information content (AvgIpc) is 2.20. The number of rotatable bonds is 4.